The first-order valence-corrected chi connectivity index (χ1v) is 11.2. The number of piperidine rings is 1. The second-order valence-corrected chi connectivity index (χ2v) is 8.79. The molecular weight excluding hydrogens is 451 g/mol. The van der Waals surface area contributed by atoms with E-state index in [1.54, 1.807) is 6.92 Å². The van der Waals surface area contributed by atoms with E-state index in [1.165, 1.54) is 13.1 Å². The molecule has 0 aromatic heterocycles. The maximum Gasteiger partial charge on any atom is 0.416 e. The predicted molar refractivity (Wildman–Crippen MR) is 126 cm³/mol. The Kier molecular flexibility index (Phi) is 10.9. The molecule has 0 radical (unpaired) electrons. The van der Waals surface area contributed by atoms with Crippen LogP contribution >= 0.6 is 0 Å². The number of amides is 1. The van der Waals surface area contributed by atoms with Gasteiger partial charge in [-0.1, -0.05) is 19.1 Å². The van der Waals surface area contributed by atoms with Gasteiger partial charge in [-0.25, -0.2) is 9.59 Å². The molecule has 0 aliphatic carbocycles. The number of hydrogen-bond donors (Lipinski definition) is 2. The molecule has 10 heteroatoms. The van der Waals surface area contributed by atoms with Crippen molar-refractivity contribution < 1.29 is 32.2 Å². The molecule has 1 aromatic carbocycles. The van der Waals surface area contributed by atoms with E-state index in [0.717, 1.165) is 38.4 Å². The number of rotatable bonds is 5. The van der Waals surface area contributed by atoms with E-state index in [1.807, 2.05) is 25.7 Å². The molecule has 1 aliphatic heterocycles. The number of halogens is 3. The third-order valence-electron chi connectivity index (χ3n) is 4.96. The van der Waals surface area contributed by atoms with Crippen LogP contribution < -0.4 is 11.1 Å². The van der Waals surface area contributed by atoms with Gasteiger partial charge >= 0.3 is 18.2 Å². The summed E-state index contributed by atoms with van der Waals surface area (Å²) in [5.41, 5.74) is 4.67. The number of esters is 1. The van der Waals surface area contributed by atoms with Crippen molar-refractivity contribution in [2.45, 2.75) is 65.3 Å². The van der Waals surface area contributed by atoms with E-state index >= 15 is 0 Å². The van der Waals surface area contributed by atoms with Gasteiger partial charge in [-0.2, -0.15) is 13.2 Å². The lowest BCUT2D eigenvalue weighted by Crippen LogP contribution is -2.31. The molecule has 1 amide bonds. The van der Waals surface area contributed by atoms with Crippen LogP contribution in [0, 0.1) is 0 Å². The average molecular weight is 488 g/mol. The average Bonchev–Trinajstić information content (AvgIpc) is 2.73. The molecule has 1 saturated heterocycles. The number of nitrogens with two attached hydrogens (primary N) is 1. The highest BCUT2D eigenvalue weighted by Gasteiger charge is 2.37. The molecule has 3 N–H and O–H groups in total. The molecule has 34 heavy (non-hydrogen) atoms. The summed E-state index contributed by atoms with van der Waals surface area (Å²) in [6.45, 7) is 12.3. The Bertz CT molecular complexity index is 858. The number of alkyl carbamates (subject to hydrolysis) is 1. The van der Waals surface area contributed by atoms with Crippen molar-refractivity contribution in [1.82, 2.24) is 10.2 Å². The van der Waals surface area contributed by atoms with Crippen LogP contribution in [0.4, 0.5) is 23.7 Å². The molecule has 0 spiro atoms. The van der Waals surface area contributed by atoms with Crippen molar-refractivity contribution in [1.29, 1.82) is 0 Å². The van der Waals surface area contributed by atoms with Gasteiger partial charge in [0.05, 0.1) is 23.4 Å². The van der Waals surface area contributed by atoms with Crippen molar-refractivity contribution in [3.8, 4) is 0 Å². The monoisotopic (exact) mass is 487 g/mol. The Morgan fingerprint density at radius 1 is 1.21 bits per heavy atom. The van der Waals surface area contributed by atoms with Gasteiger partial charge in [-0.3, -0.25) is 4.90 Å². The number of carbonyl (C=O) groups excluding carboxylic acids is 2. The highest BCUT2D eigenvalue weighted by molar-refractivity contribution is 5.98. The number of hydrogen-bond acceptors (Lipinski definition) is 6. The summed E-state index contributed by atoms with van der Waals surface area (Å²) in [4.78, 5) is 24.5. The molecule has 0 unspecified atom stereocenters. The Morgan fingerprint density at radius 3 is 2.21 bits per heavy atom. The summed E-state index contributed by atoms with van der Waals surface area (Å²) >= 11 is 0. The van der Waals surface area contributed by atoms with Gasteiger partial charge in [0.15, 0.2) is 0 Å². The third-order valence-corrected chi connectivity index (χ3v) is 4.96. The maximum absolute atomic E-state index is 13.6. The normalized spacial score (nSPS) is 14.5. The third kappa shape index (κ3) is 8.89. The van der Waals surface area contributed by atoms with Gasteiger partial charge < -0.3 is 20.5 Å². The fourth-order valence-corrected chi connectivity index (χ4v) is 3.47. The number of ether oxygens (including phenoxy) is 2. The van der Waals surface area contributed by atoms with Crippen molar-refractivity contribution in [3.05, 3.63) is 34.9 Å². The molecular formula is C24H36F3N3O4. The summed E-state index contributed by atoms with van der Waals surface area (Å²) < 4.78 is 50.6. The molecule has 1 aliphatic rings. The number of nitrogens with zero attached hydrogens (tertiary/aromatic N) is 1. The topological polar surface area (TPSA) is 93.9 Å². The first-order chi connectivity index (χ1) is 15.7. The number of anilines is 1. The van der Waals surface area contributed by atoms with Crippen molar-refractivity contribution in [2.24, 2.45) is 0 Å². The van der Waals surface area contributed by atoms with Crippen LogP contribution in [-0.2, 0) is 22.2 Å². The Morgan fingerprint density at radius 2 is 1.79 bits per heavy atom. The van der Waals surface area contributed by atoms with Gasteiger partial charge in [0.25, 0.3) is 0 Å². The zero-order valence-corrected chi connectivity index (χ0v) is 20.6. The summed E-state index contributed by atoms with van der Waals surface area (Å²) in [6.07, 6.45) is -0.698. The number of alkyl halides is 3. The quantitative estimate of drug-likeness (QED) is 0.436. The molecule has 2 rings (SSSR count). The smallest absolute Gasteiger partial charge is 0.416 e. The summed E-state index contributed by atoms with van der Waals surface area (Å²) in [5, 5.41) is 2.36. The lowest BCUT2D eigenvalue weighted by molar-refractivity contribution is -0.138. The van der Waals surface area contributed by atoms with E-state index in [0.29, 0.717) is 0 Å². The van der Waals surface area contributed by atoms with Crippen LogP contribution in [0.15, 0.2) is 12.6 Å². The zero-order chi connectivity index (χ0) is 26.1. The molecule has 0 saturated carbocycles. The van der Waals surface area contributed by atoms with Crippen LogP contribution in [0.3, 0.4) is 0 Å². The van der Waals surface area contributed by atoms with Gasteiger partial charge in [-0.15, -0.1) is 0 Å². The lowest BCUT2D eigenvalue weighted by atomic mass is 9.93. The van der Waals surface area contributed by atoms with E-state index in [4.69, 9.17) is 15.2 Å². The largest absolute Gasteiger partial charge is 0.462 e. The molecule has 1 aromatic rings. The minimum atomic E-state index is -4.60. The maximum atomic E-state index is 13.6. The Hall–Kier alpha value is -2.75. The van der Waals surface area contributed by atoms with Crippen molar-refractivity contribution in [2.75, 3.05) is 32.5 Å². The molecule has 1 heterocycles. The number of nitrogen functional groups attached to an aromatic ring is 1. The van der Waals surface area contributed by atoms with Crippen LogP contribution in [0.2, 0.25) is 0 Å². The molecule has 7 nitrogen and oxygen atoms in total. The number of nitrogens with one attached hydrogen (secondary N) is 1. The predicted octanol–water partition coefficient (Wildman–Crippen LogP) is 5.23. The van der Waals surface area contributed by atoms with Gasteiger partial charge in [0.2, 0.25) is 0 Å². The number of likely N-dealkylation sites (tertiary alicyclic amines) is 1. The first-order valence-electron chi connectivity index (χ1n) is 11.2. The second-order valence-electron chi connectivity index (χ2n) is 8.79. The fraction of sp³-hybridized carbons (Fsp3) is 0.583. The van der Waals surface area contributed by atoms with E-state index in [9.17, 15) is 22.8 Å². The molecule has 0 atom stereocenters. The van der Waals surface area contributed by atoms with Crippen molar-refractivity contribution >= 4 is 23.8 Å². The van der Waals surface area contributed by atoms with Crippen LogP contribution in [-0.4, -0.2) is 49.3 Å². The van der Waals surface area contributed by atoms with Gasteiger partial charge in [-0.05, 0) is 65.3 Å². The highest BCUT2D eigenvalue weighted by atomic mass is 19.4. The van der Waals surface area contributed by atoms with E-state index in [2.05, 4.69) is 11.9 Å². The van der Waals surface area contributed by atoms with E-state index < -0.39 is 17.7 Å². The second kappa shape index (κ2) is 12.6. The molecule has 0 bridgehead atoms. The highest BCUT2D eigenvalue weighted by Crippen LogP contribution is 2.39. The number of carbonyl (C=O) groups is 2. The molecule has 1 fully saturated rings. The summed E-state index contributed by atoms with van der Waals surface area (Å²) in [5.74, 6) is -0.863. The Balaban J connectivity index is 0.000000546. The van der Waals surface area contributed by atoms with Crippen LogP contribution in [0.1, 0.15) is 74.0 Å². The van der Waals surface area contributed by atoms with Crippen LogP contribution in [0.5, 0.6) is 0 Å². The SMILES string of the molecule is C=Cc1c(N)c(C(=O)OCC)cc(C(F)(F)F)c1CN1CCCCC1.CNC(=O)OC(C)(C)C. The van der Waals surface area contributed by atoms with E-state index in [-0.39, 0.29) is 47.2 Å². The first kappa shape index (κ1) is 29.3. The fourth-order valence-electron chi connectivity index (χ4n) is 3.47. The summed E-state index contributed by atoms with van der Waals surface area (Å²) in [7, 11) is 1.54. The van der Waals surface area contributed by atoms with Gasteiger partial charge in [0, 0.05) is 19.2 Å². The molecule has 192 valence electrons. The number of benzene rings is 1. The summed E-state index contributed by atoms with van der Waals surface area (Å²) in [6, 6.07) is 0.805. The minimum absolute atomic E-state index is 0.0199. The van der Waals surface area contributed by atoms with Crippen molar-refractivity contribution in [3.63, 3.8) is 0 Å². The van der Waals surface area contributed by atoms with Crippen LogP contribution in [0.25, 0.3) is 6.08 Å². The zero-order valence-electron chi connectivity index (χ0n) is 20.6. The standard InChI is InChI=1S/C18H23F3N2O2.C6H13NO2/c1-3-12-14(11-23-8-6-5-7-9-23)15(18(19,20)21)10-13(16(12)22)17(24)25-4-2;1-6(2,3)9-5(8)7-4/h3,10H,1,4-9,11,22H2,2H3;1-4H3,(H,7,8). The lowest BCUT2D eigenvalue weighted by Gasteiger charge is -2.29. The minimum Gasteiger partial charge on any atom is -0.462 e. The Labute approximate surface area is 199 Å². The van der Waals surface area contributed by atoms with Gasteiger partial charge in [0.1, 0.15) is 5.60 Å².